The quantitative estimate of drug-likeness (QED) is 0.322. The molecule has 0 saturated carbocycles. The van der Waals surface area contributed by atoms with Crippen LogP contribution in [0.1, 0.15) is 29.2 Å². The van der Waals surface area contributed by atoms with Gasteiger partial charge in [-0.15, -0.1) is 24.0 Å². The molecule has 0 aromatic heterocycles. The molecule has 8 heteroatoms. The van der Waals surface area contributed by atoms with E-state index in [4.69, 9.17) is 5.14 Å². The van der Waals surface area contributed by atoms with Crippen molar-refractivity contribution in [2.24, 2.45) is 10.1 Å². The van der Waals surface area contributed by atoms with E-state index in [2.05, 4.69) is 47.7 Å². The molecule has 4 N–H and O–H groups in total. The van der Waals surface area contributed by atoms with Gasteiger partial charge in [0.1, 0.15) is 0 Å². The Bertz CT molecular complexity index is 898. The molecule has 2 aromatic carbocycles. The van der Waals surface area contributed by atoms with Gasteiger partial charge in [-0.1, -0.05) is 35.9 Å². The summed E-state index contributed by atoms with van der Waals surface area (Å²) in [4.78, 5) is 4.62. The number of sulfonamides is 1. The van der Waals surface area contributed by atoms with Crippen molar-refractivity contribution in [1.82, 2.24) is 10.6 Å². The van der Waals surface area contributed by atoms with E-state index < -0.39 is 10.0 Å². The number of aliphatic imine (C=N–C) groups is 1. The fourth-order valence-corrected chi connectivity index (χ4v) is 3.14. The van der Waals surface area contributed by atoms with Gasteiger partial charge in [0.15, 0.2) is 5.96 Å². The molecule has 0 aliphatic rings. The Balaban J connectivity index is 0.00000364. The van der Waals surface area contributed by atoms with Crippen LogP contribution in [0.15, 0.2) is 52.4 Å². The van der Waals surface area contributed by atoms with Crippen LogP contribution < -0.4 is 15.8 Å². The molecule has 0 spiro atoms. The fraction of sp³-hybridized carbons (Fsp3) is 0.316. The molecule has 0 saturated heterocycles. The van der Waals surface area contributed by atoms with Crippen LogP contribution in [0, 0.1) is 13.8 Å². The van der Waals surface area contributed by atoms with Gasteiger partial charge in [0.2, 0.25) is 10.0 Å². The second kappa shape index (κ2) is 10.6. The molecule has 0 fully saturated rings. The zero-order valence-corrected chi connectivity index (χ0v) is 19.0. The van der Waals surface area contributed by atoms with Crippen LogP contribution in [0.25, 0.3) is 0 Å². The van der Waals surface area contributed by atoms with E-state index in [1.165, 1.54) is 22.8 Å². The van der Waals surface area contributed by atoms with Crippen molar-refractivity contribution in [3.8, 4) is 0 Å². The van der Waals surface area contributed by atoms with Gasteiger partial charge in [-0.25, -0.2) is 18.5 Å². The minimum atomic E-state index is -3.71. The Hall–Kier alpha value is -1.65. The molecule has 6 nitrogen and oxygen atoms in total. The minimum absolute atomic E-state index is 0. The molecule has 0 unspecified atom stereocenters. The molecule has 0 aliphatic carbocycles. The molecule has 27 heavy (non-hydrogen) atoms. The van der Waals surface area contributed by atoms with Gasteiger partial charge in [0.25, 0.3) is 0 Å². The Labute approximate surface area is 178 Å². The van der Waals surface area contributed by atoms with Gasteiger partial charge in [-0.2, -0.15) is 0 Å². The van der Waals surface area contributed by atoms with Crippen LogP contribution in [-0.4, -0.2) is 20.9 Å². The maximum absolute atomic E-state index is 11.5. The Morgan fingerprint density at radius 3 is 2.48 bits per heavy atom. The average molecular weight is 502 g/mol. The second-order valence-corrected chi connectivity index (χ2v) is 7.73. The number of nitrogens with two attached hydrogens (primary N) is 1. The van der Waals surface area contributed by atoms with Gasteiger partial charge >= 0.3 is 0 Å². The van der Waals surface area contributed by atoms with Crippen LogP contribution in [0.5, 0.6) is 0 Å². The highest BCUT2D eigenvalue weighted by Gasteiger charge is 2.08. The van der Waals surface area contributed by atoms with Gasteiger partial charge in [0.05, 0.1) is 11.4 Å². The van der Waals surface area contributed by atoms with E-state index in [9.17, 15) is 8.42 Å². The number of guanidine groups is 1. The number of hydrogen-bond acceptors (Lipinski definition) is 3. The summed E-state index contributed by atoms with van der Waals surface area (Å²) in [5.74, 6) is 0.675. The molecular weight excluding hydrogens is 475 g/mol. The monoisotopic (exact) mass is 502 g/mol. The Morgan fingerprint density at radius 1 is 1.11 bits per heavy atom. The zero-order valence-electron chi connectivity index (χ0n) is 15.8. The number of nitrogens with one attached hydrogen (secondary N) is 2. The number of aryl methyl sites for hydroxylation is 2. The summed E-state index contributed by atoms with van der Waals surface area (Å²) in [7, 11) is -3.71. The highest BCUT2D eigenvalue weighted by atomic mass is 127. The third-order valence-electron chi connectivity index (χ3n) is 3.94. The van der Waals surface area contributed by atoms with Crippen LogP contribution >= 0.6 is 24.0 Å². The van der Waals surface area contributed by atoms with E-state index in [-0.39, 0.29) is 28.9 Å². The first kappa shape index (κ1) is 23.4. The van der Waals surface area contributed by atoms with Crippen LogP contribution in [0.4, 0.5) is 0 Å². The van der Waals surface area contributed by atoms with Crippen molar-refractivity contribution >= 4 is 40.0 Å². The zero-order chi connectivity index (χ0) is 19.2. The predicted molar refractivity (Wildman–Crippen MR) is 121 cm³/mol. The van der Waals surface area contributed by atoms with E-state index >= 15 is 0 Å². The third kappa shape index (κ3) is 7.47. The van der Waals surface area contributed by atoms with Crippen molar-refractivity contribution in [1.29, 1.82) is 0 Å². The Morgan fingerprint density at radius 2 is 1.85 bits per heavy atom. The summed E-state index contributed by atoms with van der Waals surface area (Å²) in [5, 5.41) is 11.7. The first-order chi connectivity index (χ1) is 12.3. The normalized spacial score (nSPS) is 11.6. The summed E-state index contributed by atoms with van der Waals surface area (Å²) < 4.78 is 22.9. The van der Waals surface area contributed by atoms with E-state index in [1.54, 1.807) is 12.1 Å². The fourth-order valence-electron chi connectivity index (χ4n) is 2.56. The van der Waals surface area contributed by atoms with E-state index in [0.29, 0.717) is 19.0 Å². The van der Waals surface area contributed by atoms with Crippen molar-refractivity contribution < 1.29 is 8.42 Å². The van der Waals surface area contributed by atoms with Crippen molar-refractivity contribution in [3.05, 3.63) is 64.7 Å². The number of hydrogen-bond donors (Lipinski definition) is 3. The maximum Gasteiger partial charge on any atom is 0.238 e. The lowest BCUT2D eigenvalue weighted by Gasteiger charge is -2.13. The molecular formula is C19H27IN4O2S. The largest absolute Gasteiger partial charge is 0.357 e. The number of halogens is 1. The number of benzene rings is 2. The molecule has 0 amide bonds. The summed E-state index contributed by atoms with van der Waals surface area (Å²) in [6, 6.07) is 12.9. The summed E-state index contributed by atoms with van der Waals surface area (Å²) in [5.41, 5.74) is 4.45. The average Bonchev–Trinajstić information content (AvgIpc) is 2.58. The Kier molecular flexibility index (Phi) is 9.20. The molecule has 0 bridgehead atoms. The van der Waals surface area contributed by atoms with Crippen LogP contribution in [0.3, 0.4) is 0 Å². The van der Waals surface area contributed by atoms with Crippen molar-refractivity contribution in [2.45, 2.75) is 38.8 Å². The van der Waals surface area contributed by atoms with Crippen molar-refractivity contribution in [2.75, 3.05) is 6.54 Å². The highest BCUT2D eigenvalue weighted by Crippen LogP contribution is 2.11. The molecule has 0 heterocycles. The smallest absolute Gasteiger partial charge is 0.238 e. The third-order valence-corrected chi connectivity index (χ3v) is 4.85. The standard InChI is InChI=1S/C19H26N4O2S.HI/c1-4-21-19(23-13-17-9-8-14(2)10-15(17)3)22-12-16-6-5-7-18(11-16)26(20,24)25;/h5-11H,4,12-13H2,1-3H3,(H2,20,24,25)(H2,21,22,23);1H. The lowest BCUT2D eigenvalue weighted by atomic mass is 10.1. The molecule has 0 aliphatic heterocycles. The summed E-state index contributed by atoms with van der Waals surface area (Å²) >= 11 is 0. The topological polar surface area (TPSA) is 96.6 Å². The lowest BCUT2D eigenvalue weighted by molar-refractivity contribution is 0.597. The van der Waals surface area contributed by atoms with Gasteiger partial charge in [0, 0.05) is 13.1 Å². The number of rotatable bonds is 6. The summed E-state index contributed by atoms with van der Waals surface area (Å²) in [6.45, 7) is 7.91. The first-order valence-electron chi connectivity index (χ1n) is 8.49. The summed E-state index contributed by atoms with van der Waals surface area (Å²) in [6.07, 6.45) is 0. The van der Waals surface area contributed by atoms with Crippen LogP contribution in [-0.2, 0) is 23.1 Å². The number of primary sulfonamides is 1. The predicted octanol–water partition coefficient (Wildman–Crippen LogP) is 2.82. The highest BCUT2D eigenvalue weighted by molar-refractivity contribution is 14.0. The van der Waals surface area contributed by atoms with E-state index in [1.807, 2.05) is 13.0 Å². The molecule has 2 rings (SSSR count). The molecule has 2 aromatic rings. The second-order valence-electron chi connectivity index (χ2n) is 6.17. The number of nitrogens with zero attached hydrogens (tertiary/aromatic N) is 1. The van der Waals surface area contributed by atoms with Crippen molar-refractivity contribution in [3.63, 3.8) is 0 Å². The SMILES string of the molecule is CCNC(=NCc1cccc(S(N)(=O)=O)c1)NCc1ccc(C)cc1C.I. The van der Waals surface area contributed by atoms with E-state index in [0.717, 1.165) is 12.1 Å². The lowest BCUT2D eigenvalue weighted by Crippen LogP contribution is -2.36. The van der Waals surface area contributed by atoms with Crippen LogP contribution in [0.2, 0.25) is 0 Å². The van der Waals surface area contributed by atoms with Gasteiger partial charge in [-0.05, 0) is 49.6 Å². The molecule has 0 atom stereocenters. The molecule has 0 radical (unpaired) electrons. The molecule has 148 valence electrons. The van der Waals surface area contributed by atoms with Gasteiger partial charge < -0.3 is 10.6 Å². The maximum atomic E-state index is 11.5. The van der Waals surface area contributed by atoms with Gasteiger partial charge in [-0.3, -0.25) is 0 Å². The minimum Gasteiger partial charge on any atom is -0.357 e. The first-order valence-corrected chi connectivity index (χ1v) is 10.0.